The molecule has 0 aromatic heterocycles. The Morgan fingerprint density at radius 3 is 2.03 bits per heavy atom. The molecule has 0 unspecified atom stereocenters. The van der Waals surface area contributed by atoms with Crippen molar-refractivity contribution in [3.05, 3.63) is 99.6 Å². The minimum absolute atomic E-state index is 0.144. The summed E-state index contributed by atoms with van der Waals surface area (Å²) in [6, 6.07) is 19.4. The number of rotatable bonds is 8. The molecule has 0 saturated heterocycles. The smallest absolute Gasteiger partial charge is 0.338 e. The standard InChI is InChI=1S/C25H26ClNO4S/c1-4-31-25(28)22-14-12-21(13-15-22)17-27(16-20-10-8-18(2)9-11-20)32(29,30)24-7-5-6-23(26)19(24)3/h5-15H,4,16-17H2,1-3H3. The van der Waals surface area contributed by atoms with Crippen LogP contribution in [0.2, 0.25) is 5.02 Å². The van der Waals surface area contributed by atoms with Gasteiger partial charge in [0.15, 0.2) is 0 Å². The zero-order valence-corrected chi connectivity index (χ0v) is 19.9. The number of aryl methyl sites for hydroxylation is 1. The number of carbonyl (C=O) groups excluding carboxylic acids is 1. The van der Waals surface area contributed by atoms with Crippen LogP contribution < -0.4 is 0 Å². The molecule has 32 heavy (non-hydrogen) atoms. The summed E-state index contributed by atoms with van der Waals surface area (Å²) in [6.45, 7) is 6.08. The number of hydrogen-bond donors (Lipinski definition) is 0. The van der Waals surface area contributed by atoms with Crippen molar-refractivity contribution < 1.29 is 17.9 Å². The van der Waals surface area contributed by atoms with Crippen molar-refractivity contribution >= 4 is 27.6 Å². The highest BCUT2D eigenvalue weighted by molar-refractivity contribution is 7.89. The Morgan fingerprint density at radius 1 is 0.906 bits per heavy atom. The molecular formula is C25H26ClNO4S. The molecule has 0 fully saturated rings. The molecular weight excluding hydrogens is 446 g/mol. The SMILES string of the molecule is CCOC(=O)c1ccc(CN(Cc2ccc(C)cc2)S(=O)(=O)c2cccc(Cl)c2C)cc1. The maximum atomic E-state index is 13.6. The third-order valence-electron chi connectivity index (χ3n) is 5.14. The van der Waals surface area contributed by atoms with E-state index in [0.29, 0.717) is 22.8 Å². The van der Waals surface area contributed by atoms with Gasteiger partial charge < -0.3 is 4.74 Å². The van der Waals surface area contributed by atoms with Crippen LogP contribution in [-0.2, 0) is 27.8 Å². The zero-order chi connectivity index (χ0) is 23.3. The fraction of sp³-hybridized carbons (Fsp3) is 0.240. The van der Waals surface area contributed by atoms with E-state index >= 15 is 0 Å². The van der Waals surface area contributed by atoms with Gasteiger partial charge in [-0.3, -0.25) is 0 Å². The van der Waals surface area contributed by atoms with Crippen LogP contribution >= 0.6 is 11.6 Å². The first-order valence-electron chi connectivity index (χ1n) is 10.3. The molecule has 3 aromatic rings. The number of halogens is 1. The molecule has 0 aliphatic heterocycles. The number of ether oxygens (including phenoxy) is 1. The summed E-state index contributed by atoms with van der Waals surface area (Å²) < 4.78 is 33.7. The van der Waals surface area contributed by atoms with Gasteiger partial charge in [0.1, 0.15) is 0 Å². The molecule has 0 saturated carbocycles. The van der Waals surface area contributed by atoms with E-state index in [9.17, 15) is 13.2 Å². The summed E-state index contributed by atoms with van der Waals surface area (Å²) in [7, 11) is -3.84. The van der Waals surface area contributed by atoms with E-state index in [1.165, 1.54) is 4.31 Å². The Labute approximate surface area is 194 Å². The molecule has 0 atom stereocenters. The fourth-order valence-corrected chi connectivity index (χ4v) is 5.19. The summed E-state index contributed by atoms with van der Waals surface area (Å²) in [5, 5.41) is 0.403. The number of nitrogens with zero attached hydrogens (tertiary/aromatic N) is 1. The summed E-state index contributed by atoms with van der Waals surface area (Å²) in [6.07, 6.45) is 0. The Balaban J connectivity index is 1.96. The first-order chi connectivity index (χ1) is 15.2. The first-order valence-corrected chi connectivity index (χ1v) is 12.1. The number of hydrogen-bond acceptors (Lipinski definition) is 4. The van der Waals surface area contributed by atoms with E-state index in [4.69, 9.17) is 16.3 Å². The lowest BCUT2D eigenvalue weighted by molar-refractivity contribution is 0.0526. The predicted octanol–water partition coefficient (Wildman–Crippen LogP) is 5.52. The molecule has 0 amide bonds. The van der Waals surface area contributed by atoms with E-state index < -0.39 is 16.0 Å². The van der Waals surface area contributed by atoms with Crippen molar-refractivity contribution in [3.8, 4) is 0 Å². The summed E-state index contributed by atoms with van der Waals surface area (Å²) >= 11 is 6.21. The van der Waals surface area contributed by atoms with Gasteiger partial charge in [-0.1, -0.05) is 59.6 Å². The van der Waals surface area contributed by atoms with Crippen molar-refractivity contribution in [3.63, 3.8) is 0 Å². The highest BCUT2D eigenvalue weighted by Gasteiger charge is 2.27. The number of sulfonamides is 1. The molecule has 0 aliphatic carbocycles. The normalized spacial score (nSPS) is 11.5. The molecule has 0 aliphatic rings. The highest BCUT2D eigenvalue weighted by Crippen LogP contribution is 2.28. The first kappa shape index (κ1) is 24.0. The van der Waals surface area contributed by atoms with Crippen molar-refractivity contribution in [2.24, 2.45) is 0 Å². The van der Waals surface area contributed by atoms with Crippen molar-refractivity contribution in [1.82, 2.24) is 4.31 Å². The van der Waals surface area contributed by atoms with Crippen LogP contribution in [0.5, 0.6) is 0 Å². The van der Waals surface area contributed by atoms with Crippen LogP contribution in [0.1, 0.15) is 39.5 Å². The van der Waals surface area contributed by atoms with E-state index in [2.05, 4.69) is 0 Å². The monoisotopic (exact) mass is 471 g/mol. The van der Waals surface area contributed by atoms with Gasteiger partial charge >= 0.3 is 5.97 Å². The second-order valence-electron chi connectivity index (χ2n) is 7.54. The molecule has 168 valence electrons. The van der Waals surface area contributed by atoms with Crippen molar-refractivity contribution in [2.45, 2.75) is 38.8 Å². The number of esters is 1. The Kier molecular flexibility index (Phi) is 7.72. The van der Waals surface area contributed by atoms with Gasteiger partial charge in [-0.2, -0.15) is 4.31 Å². The zero-order valence-electron chi connectivity index (χ0n) is 18.3. The predicted molar refractivity (Wildman–Crippen MR) is 126 cm³/mol. The molecule has 0 bridgehead atoms. The van der Waals surface area contributed by atoms with Gasteiger partial charge in [0.25, 0.3) is 0 Å². The third kappa shape index (κ3) is 5.57. The van der Waals surface area contributed by atoms with Crippen molar-refractivity contribution in [1.29, 1.82) is 0 Å². The van der Waals surface area contributed by atoms with Gasteiger partial charge in [0.2, 0.25) is 10.0 Å². The topological polar surface area (TPSA) is 63.7 Å². The maximum Gasteiger partial charge on any atom is 0.338 e. The lowest BCUT2D eigenvalue weighted by Gasteiger charge is -2.24. The summed E-state index contributed by atoms with van der Waals surface area (Å²) in [5.41, 5.74) is 3.67. The molecule has 0 N–H and O–H groups in total. The van der Waals surface area contributed by atoms with Crippen LogP contribution in [0.15, 0.2) is 71.6 Å². The van der Waals surface area contributed by atoms with Gasteiger partial charge in [-0.05, 0) is 61.7 Å². The second kappa shape index (κ2) is 10.3. The van der Waals surface area contributed by atoms with E-state index in [1.807, 2.05) is 31.2 Å². The number of benzene rings is 3. The Bertz CT molecular complexity index is 1190. The van der Waals surface area contributed by atoms with Crippen LogP contribution in [0.4, 0.5) is 0 Å². The van der Waals surface area contributed by atoms with Crippen LogP contribution in [0.3, 0.4) is 0 Å². The quantitative estimate of drug-likeness (QED) is 0.405. The Morgan fingerprint density at radius 2 is 1.47 bits per heavy atom. The van der Waals surface area contributed by atoms with Crippen molar-refractivity contribution in [2.75, 3.05) is 6.61 Å². The third-order valence-corrected chi connectivity index (χ3v) is 7.48. The minimum atomic E-state index is -3.84. The van der Waals surface area contributed by atoms with E-state index in [-0.39, 0.29) is 18.0 Å². The molecule has 0 spiro atoms. The van der Waals surface area contributed by atoms with Crippen LogP contribution in [0, 0.1) is 13.8 Å². The fourth-order valence-electron chi connectivity index (χ4n) is 3.29. The van der Waals surface area contributed by atoms with Gasteiger partial charge in [-0.25, -0.2) is 13.2 Å². The molecule has 0 radical (unpaired) electrons. The summed E-state index contributed by atoms with van der Waals surface area (Å²) in [5.74, 6) is -0.405. The van der Waals surface area contributed by atoms with Gasteiger partial charge in [0, 0.05) is 18.1 Å². The van der Waals surface area contributed by atoms with E-state index in [0.717, 1.165) is 16.7 Å². The average Bonchev–Trinajstić information content (AvgIpc) is 2.77. The molecule has 0 heterocycles. The van der Waals surface area contributed by atoms with Gasteiger partial charge in [0.05, 0.1) is 17.1 Å². The molecule has 5 nitrogen and oxygen atoms in total. The maximum absolute atomic E-state index is 13.6. The molecule has 3 rings (SSSR count). The minimum Gasteiger partial charge on any atom is -0.462 e. The van der Waals surface area contributed by atoms with Crippen LogP contribution in [-0.4, -0.2) is 25.3 Å². The largest absolute Gasteiger partial charge is 0.462 e. The lowest BCUT2D eigenvalue weighted by atomic mass is 10.1. The molecule has 7 heteroatoms. The highest BCUT2D eigenvalue weighted by atomic mass is 35.5. The van der Waals surface area contributed by atoms with E-state index in [1.54, 1.807) is 56.3 Å². The lowest BCUT2D eigenvalue weighted by Crippen LogP contribution is -2.31. The summed E-state index contributed by atoms with van der Waals surface area (Å²) in [4.78, 5) is 12.1. The van der Waals surface area contributed by atoms with Gasteiger partial charge in [-0.15, -0.1) is 0 Å². The average molecular weight is 472 g/mol. The second-order valence-corrected chi connectivity index (χ2v) is 9.85. The number of carbonyl (C=O) groups is 1. The Hall–Kier alpha value is -2.67. The van der Waals surface area contributed by atoms with Crippen LogP contribution in [0.25, 0.3) is 0 Å². The molecule has 3 aromatic carbocycles.